The number of rotatable bonds is 4. The van der Waals surface area contributed by atoms with Gasteiger partial charge in [-0.05, 0) is 84.7 Å². The number of nitrogens with zero attached hydrogens (tertiary/aromatic N) is 2. The second-order valence-electron chi connectivity index (χ2n) is 7.44. The van der Waals surface area contributed by atoms with Gasteiger partial charge in [-0.3, -0.25) is 0 Å². The fourth-order valence-corrected chi connectivity index (χ4v) is 3.92. The molecule has 0 saturated carbocycles. The van der Waals surface area contributed by atoms with Crippen LogP contribution in [0, 0.1) is 0 Å². The van der Waals surface area contributed by atoms with Gasteiger partial charge in [-0.25, -0.2) is 9.97 Å². The van der Waals surface area contributed by atoms with E-state index in [2.05, 4.69) is 65.6 Å². The van der Waals surface area contributed by atoms with E-state index in [0.717, 1.165) is 57.7 Å². The summed E-state index contributed by atoms with van der Waals surface area (Å²) in [6, 6.07) is 16.6. The summed E-state index contributed by atoms with van der Waals surface area (Å²) >= 11 is 0. The fraction of sp³-hybridized carbons (Fsp3) is 0.0769. The van der Waals surface area contributed by atoms with Crippen LogP contribution in [0.15, 0.2) is 73.8 Å². The summed E-state index contributed by atoms with van der Waals surface area (Å²) < 4.78 is 0. The van der Waals surface area contributed by atoms with Gasteiger partial charge in [-0.15, -0.1) is 13.2 Å². The van der Waals surface area contributed by atoms with Crippen LogP contribution in [0.1, 0.15) is 35.6 Å². The lowest BCUT2D eigenvalue weighted by atomic mass is 9.99. The highest BCUT2D eigenvalue weighted by Gasteiger charge is 2.18. The Labute approximate surface area is 175 Å². The summed E-state index contributed by atoms with van der Waals surface area (Å²) in [5.74, 6) is 0. The van der Waals surface area contributed by atoms with Crippen molar-refractivity contribution in [3.8, 4) is 0 Å². The molecule has 0 unspecified atom stereocenters. The highest BCUT2D eigenvalue weighted by molar-refractivity contribution is 5.94. The molecule has 8 bridgehead atoms. The Balaban J connectivity index is 1.85. The van der Waals surface area contributed by atoms with E-state index in [9.17, 15) is 0 Å². The topological polar surface area (TPSA) is 57.4 Å². The van der Waals surface area contributed by atoms with E-state index in [-0.39, 0.29) is 0 Å². The van der Waals surface area contributed by atoms with Crippen molar-refractivity contribution in [2.75, 3.05) is 0 Å². The molecule has 4 nitrogen and oxygen atoms in total. The van der Waals surface area contributed by atoms with Crippen LogP contribution in [0.3, 0.4) is 0 Å². The standard InChI is InChI=1S/C26H22N4/c1-3-5-23-24(6-4-2)26-16-22-12-10-20(29-22)14-18-8-7-17(27-18)13-19-9-11-21(28-19)15-25(23)30-26/h3-4,7-16,27-28H,1-2,5-6H2. The van der Waals surface area contributed by atoms with Crippen molar-refractivity contribution in [1.29, 1.82) is 0 Å². The number of H-pyrrole nitrogens is 2. The van der Waals surface area contributed by atoms with Gasteiger partial charge in [0.25, 0.3) is 0 Å². The van der Waals surface area contributed by atoms with Gasteiger partial charge in [0.2, 0.25) is 0 Å². The highest BCUT2D eigenvalue weighted by Crippen LogP contribution is 2.35. The molecule has 0 aromatic carbocycles. The number of nitrogens with one attached hydrogen (secondary N) is 2. The SMILES string of the molecule is C=CCC1=C(CC=C)c2cc3ccc(cc4ccc(cc5nc(cc1n2)C=C5)[nH]4)[nH]3. The second-order valence-corrected chi connectivity index (χ2v) is 7.44. The van der Waals surface area contributed by atoms with Crippen LogP contribution >= 0.6 is 0 Å². The van der Waals surface area contributed by atoms with Crippen molar-refractivity contribution in [3.05, 3.63) is 96.6 Å². The maximum absolute atomic E-state index is 4.96. The van der Waals surface area contributed by atoms with Crippen molar-refractivity contribution in [1.82, 2.24) is 19.9 Å². The molecule has 5 rings (SSSR count). The molecule has 2 N–H and O–H groups in total. The minimum atomic E-state index is 0.754. The Morgan fingerprint density at radius 1 is 0.633 bits per heavy atom. The summed E-state index contributed by atoms with van der Waals surface area (Å²) in [4.78, 5) is 16.6. The molecule has 5 heterocycles. The van der Waals surface area contributed by atoms with Crippen LogP contribution in [0.2, 0.25) is 0 Å². The molecule has 0 spiro atoms. The lowest BCUT2D eigenvalue weighted by molar-refractivity contribution is 1.25. The predicted octanol–water partition coefficient (Wildman–Crippen LogP) is 6.55. The molecule has 2 aliphatic rings. The molecule has 30 heavy (non-hydrogen) atoms. The van der Waals surface area contributed by atoms with Crippen molar-refractivity contribution in [3.63, 3.8) is 0 Å². The van der Waals surface area contributed by atoms with Gasteiger partial charge in [0.15, 0.2) is 0 Å². The molecule has 0 fully saturated rings. The summed E-state index contributed by atoms with van der Waals surface area (Å²) in [6.45, 7) is 7.89. The minimum absolute atomic E-state index is 0.754. The van der Waals surface area contributed by atoms with Crippen molar-refractivity contribution in [2.24, 2.45) is 0 Å². The first-order chi connectivity index (χ1) is 14.7. The Bertz CT molecular complexity index is 1380. The number of hydrogen-bond acceptors (Lipinski definition) is 2. The zero-order valence-electron chi connectivity index (χ0n) is 16.7. The molecule has 4 heteroatoms. The quantitative estimate of drug-likeness (QED) is 0.388. The van der Waals surface area contributed by atoms with E-state index in [1.54, 1.807) is 0 Å². The van der Waals surface area contributed by atoms with Crippen molar-refractivity contribution >= 4 is 45.4 Å². The third-order valence-corrected chi connectivity index (χ3v) is 5.26. The van der Waals surface area contributed by atoms with Crippen LogP contribution < -0.4 is 0 Å². The van der Waals surface area contributed by atoms with Crippen LogP contribution in [-0.4, -0.2) is 19.9 Å². The summed E-state index contributed by atoms with van der Waals surface area (Å²) in [5.41, 5.74) is 10.2. The third-order valence-electron chi connectivity index (χ3n) is 5.26. The molecular weight excluding hydrogens is 368 g/mol. The van der Waals surface area contributed by atoms with Crippen LogP contribution in [-0.2, 0) is 0 Å². The molecule has 0 amide bonds. The van der Waals surface area contributed by atoms with Gasteiger partial charge in [0, 0.05) is 22.1 Å². The smallest absolute Gasteiger partial charge is 0.0697 e. The van der Waals surface area contributed by atoms with Crippen LogP contribution in [0.4, 0.5) is 0 Å². The minimum Gasteiger partial charge on any atom is -0.355 e. The van der Waals surface area contributed by atoms with E-state index in [1.807, 2.05) is 30.4 Å². The molecule has 2 aliphatic heterocycles. The van der Waals surface area contributed by atoms with Gasteiger partial charge in [0.05, 0.1) is 22.8 Å². The number of hydrogen-bond donors (Lipinski definition) is 2. The van der Waals surface area contributed by atoms with Crippen molar-refractivity contribution in [2.45, 2.75) is 12.8 Å². The molecule has 0 aliphatic carbocycles. The van der Waals surface area contributed by atoms with Gasteiger partial charge < -0.3 is 9.97 Å². The van der Waals surface area contributed by atoms with Crippen molar-refractivity contribution < 1.29 is 0 Å². The molecular formula is C26H22N4. The average Bonchev–Trinajstić information content (AvgIpc) is 3.50. The number of aromatic nitrogens is 4. The van der Waals surface area contributed by atoms with E-state index in [0.29, 0.717) is 0 Å². The van der Waals surface area contributed by atoms with E-state index in [4.69, 9.17) is 9.97 Å². The first-order valence-electron chi connectivity index (χ1n) is 10.0. The van der Waals surface area contributed by atoms with E-state index >= 15 is 0 Å². The second kappa shape index (κ2) is 7.48. The first kappa shape index (κ1) is 18.1. The summed E-state index contributed by atoms with van der Waals surface area (Å²) in [6.07, 6.45) is 9.42. The van der Waals surface area contributed by atoms with E-state index < -0.39 is 0 Å². The highest BCUT2D eigenvalue weighted by atomic mass is 14.8. The third kappa shape index (κ3) is 3.44. The molecule has 0 atom stereocenters. The Hall–Kier alpha value is -3.92. The van der Waals surface area contributed by atoms with Gasteiger partial charge in [-0.2, -0.15) is 0 Å². The largest absolute Gasteiger partial charge is 0.355 e. The lowest BCUT2D eigenvalue weighted by Crippen LogP contribution is -1.84. The van der Waals surface area contributed by atoms with Gasteiger partial charge in [-0.1, -0.05) is 12.2 Å². The maximum atomic E-state index is 4.96. The monoisotopic (exact) mass is 390 g/mol. The van der Waals surface area contributed by atoms with Crippen LogP contribution in [0.25, 0.3) is 45.4 Å². The number of allylic oxidation sites excluding steroid dienone is 4. The lowest BCUT2D eigenvalue weighted by Gasteiger charge is -2.03. The van der Waals surface area contributed by atoms with Gasteiger partial charge in [0.1, 0.15) is 0 Å². The first-order valence-corrected chi connectivity index (χ1v) is 10.0. The maximum Gasteiger partial charge on any atom is 0.0697 e. The zero-order chi connectivity index (χ0) is 20.5. The zero-order valence-corrected chi connectivity index (χ0v) is 16.7. The Morgan fingerprint density at radius 3 is 1.73 bits per heavy atom. The number of aromatic amines is 2. The molecule has 0 radical (unpaired) electrons. The summed E-state index contributed by atoms with van der Waals surface area (Å²) in [5, 5.41) is 0. The van der Waals surface area contributed by atoms with E-state index in [1.165, 1.54) is 11.1 Å². The summed E-state index contributed by atoms with van der Waals surface area (Å²) in [7, 11) is 0. The molecule has 3 aromatic heterocycles. The number of fused-ring (bicyclic) bond motifs is 8. The van der Waals surface area contributed by atoms with Gasteiger partial charge >= 0.3 is 0 Å². The van der Waals surface area contributed by atoms with Crippen LogP contribution in [0.5, 0.6) is 0 Å². The molecule has 146 valence electrons. The Morgan fingerprint density at radius 2 is 1.13 bits per heavy atom. The normalized spacial score (nSPS) is 12.9. The fourth-order valence-electron chi connectivity index (χ4n) is 3.92. The Kier molecular flexibility index (Phi) is 4.52. The average molecular weight is 390 g/mol. The molecule has 3 aromatic rings. The molecule has 0 saturated heterocycles. The predicted molar refractivity (Wildman–Crippen MR) is 126 cm³/mol.